The Hall–Kier alpha value is -1.17. The third-order valence-electron chi connectivity index (χ3n) is 3.15. The minimum Gasteiger partial charge on any atom is -0.506 e. The highest BCUT2D eigenvalue weighted by Crippen LogP contribution is 2.44. The molecule has 0 aromatic heterocycles. The molecule has 114 valence electrons. The predicted molar refractivity (Wildman–Crippen MR) is 79.6 cm³/mol. The van der Waals surface area contributed by atoms with Crippen LogP contribution in [-0.2, 0) is 9.53 Å². The average molecular weight is 324 g/mol. The molecule has 1 aromatic rings. The number of hydrogen-bond donors (Lipinski definition) is 2. The van der Waals surface area contributed by atoms with E-state index >= 15 is 0 Å². The predicted octanol–water partition coefficient (Wildman–Crippen LogP) is 2.68. The van der Waals surface area contributed by atoms with Gasteiger partial charge in [-0.25, -0.2) is 0 Å². The van der Waals surface area contributed by atoms with Gasteiger partial charge in [0.2, 0.25) is 0 Å². The Kier molecular flexibility index (Phi) is 6.61. The summed E-state index contributed by atoms with van der Waals surface area (Å²) >= 11 is 5.87. The molecule has 0 spiro atoms. The fourth-order valence-corrected chi connectivity index (χ4v) is 1.96. The highest BCUT2D eigenvalue weighted by Gasteiger charge is 2.39. The molecule has 0 aliphatic carbocycles. The zero-order valence-corrected chi connectivity index (χ0v) is 13.3. The number of halogens is 2. The van der Waals surface area contributed by atoms with E-state index in [-0.39, 0.29) is 28.7 Å². The molecule has 1 atom stereocenters. The van der Waals surface area contributed by atoms with Crippen molar-refractivity contribution in [3.8, 4) is 11.5 Å². The summed E-state index contributed by atoms with van der Waals surface area (Å²) in [5, 5.41) is 10.2. The van der Waals surface area contributed by atoms with Crippen LogP contribution in [0.2, 0.25) is 5.02 Å². The van der Waals surface area contributed by atoms with Crippen molar-refractivity contribution in [2.24, 2.45) is 11.1 Å². The van der Waals surface area contributed by atoms with Gasteiger partial charge in [-0.2, -0.15) is 0 Å². The standard InChI is InChI=1S/C13H18ClNO4.ClH/c1-13(2,12(17)19-4)11(15)9-8(18-3)6-5-7(14)10(9)16;/h5-6,11,16H,15H2,1-4H3;1H/t11-;/m0./s1. The summed E-state index contributed by atoms with van der Waals surface area (Å²) in [6, 6.07) is 2.26. The van der Waals surface area contributed by atoms with Gasteiger partial charge in [-0.3, -0.25) is 4.79 Å². The molecule has 0 unspecified atom stereocenters. The Labute approximate surface area is 129 Å². The van der Waals surface area contributed by atoms with Crippen LogP contribution in [0.25, 0.3) is 0 Å². The topological polar surface area (TPSA) is 81.8 Å². The van der Waals surface area contributed by atoms with Crippen molar-refractivity contribution >= 4 is 30.0 Å². The van der Waals surface area contributed by atoms with E-state index in [0.29, 0.717) is 5.75 Å². The molecular weight excluding hydrogens is 305 g/mol. The maximum Gasteiger partial charge on any atom is 0.313 e. The van der Waals surface area contributed by atoms with E-state index in [1.165, 1.54) is 20.3 Å². The number of aromatic hydroxyl groups is 1. The van der Waals surface area contributed by atoms with Crippen molar-refractivity contribution in [1.82, 2.24) is 0 Å². The fraction of sp³-hybridized carbons (Fsp3) is 0.462. The van der Waals surface area contributed by atoms with Crippen molar-refractivity contribution in [2.75, 3.05) is 14.2 Å². The molecule has 0 aliphatic heterocycles. The maximum absolute atomic E-state index is 11.8. The Bertz CT molecular complexity index is 492. The number of benzene rings is 1. The van der Waals surface area contributed by atoms with Crippen molar-refractivity contribution in [1.29, 1.82) is 0 Å². The summed E-state index contributed by atoms with van der Waals surface area (Å²) in [5.41, 5.74) is 5.34. The minimum absolute atomic E-state index is 0. The van der Waals surface area contributed by atoms with Gasteiger partial charge in [0.15, 0.2) is 0 Å². The molecule has 5 nitrogen and oxygen atoms in total. The van der Waals surface area contributed by atoms with Crippen LogP contribution < -0.4 is 10.5 Å². The normalized spacial score (nSPS) is 12.3. The highest BCUT2D eigenvalue weighted by molar-refractivity contribution is 6.32. The number of methoxy groups -OCH3 is 2. The van der Waals surface area contributed by atoms with Crippen molar-refractivity contribution in [3.05, 3.63) is 22.7 Å². The number of esters is 1. The van der Waals surface area contributed by atoms with Gasteiger partial charge in [0.05, 0.1) is 36.3 Å². The van der Waals surface area contributed by atoms with Gasteiger partial charge in [0.1, 0.15) is 11.5 Å². The summed E-state index contributed by atoms with van der Waals surface area (Å²) in [7, 11) is 2.73. The molecule has 0 aliphatic rings. The van der Waals surface area contributed by atoms with Crippen molar-refractivity contribution in [2.45, 2.75) is 19.9 Å². The Morgan fingerprint density at radius 1 is 1.40 bits per heavy atom. The lowest BCUT2D eigenvalue weighted by Gasteiger charge is -2.30. The molecule has 0 heterocycles. The van der Waals surface area contributed by atoms with Crippen LogP contribution in [0.4, 0.5) is 0 Å². The molecule has 0 bridgehead atoms. The molecule has 0 amide bonds. The highest BCUT2D eigenvalue weighted by atomic mass is 35.5. The smallest absolute Gasteiger partial charge is 0.313 e. The summed E-state index contributed by atoms with van der Waals surface area (Å²) in [4.78, 5) is 11.8. The summed E-state index contributed by atoms with van der Waals surface area (Å²) in [6.07, 6.45) is 0. The van der Waals surface area contributed by atoms with Crippen molar-refractivity contribution in [3.63, 3.8) is 0 Å². The van der Waals surface area contributed by atoms with Gasteiger partial charge < -0.3 is 20.3 Å². The largest absolute Gasteiger partial charge is 0.506 e. The molecule has 0 saturated heterocycles. The molecule has 0 fully saturated rings. The first kappa shape index (κ1) is 18.8. The number of phenolic OH excluding ortho intramolecular Hbond substituents is 1. The quantitative estimate of drug-likeness (QED) is 0.832. The van der Waals surface area contributed by atoms with Gasteiger partial charge in [0, 0.05) is 0 Å². The minimum atomic E-state index is -1.04. The first-order valence-electron chi connectivity index (χ1n) is 5.66. The number of nitrogens with two attached hydrogens (primary N) is 1. The van der Waals surface area contributed by atoms with E-state index in [9.17, 15) is 9.90 Å². The van der Waals surface area contributed by atoms with Crippen LogP contribution in [-0.4, -0.2) is 25.3 Å². The number of carbonyl (C=O) groups is 1. The van der Waals surface area contributed by atoms with Crippen molar-refractivity contribution < 1.29 is 19.4 Å². The van der Waals surface area contributed by atoms with E-state index in [0.717, 1.165) is 0 Å². The molecular formula is C13H19Cl2NO4. The van der Waals surface area contributed by atoms with Crippen LogP contribution >= 0.6 is 24.0 Å². The van der Waals surface area contributed by atoms with Gasteiger partial charge in [0.25, 0.3) is 0 Å². The van der Waals surface area contributed by atoms with Crippen LogP contribution in [0.1, 0.15) is 25.5 Å². The average Bonchev–Trinajstić information content (AvgIpc) is 2.39. The third kappa shape index (κ3) is 3.29. The Morgan fingerprint density at radius 3 is 2.40 bits per heavy atom. The second-order valence-corrected chi connectivity index (χ2v) is 5.11. The second kappa shape index (κ2) is 7.02. The molecule has 3 N–H and O–H groups in total. The van der Waals surface area contributed by atoms with Gasteiger partial charge >= 0.3 is 5.97 Å². The zero-order chi connectivity index (χ0) is 14.8. The van der Waals surface area contributed by atoms with Crippen LogP contribution in [0.3, 0.4) is 0 Å². The van der Waals surface area contributed by atoms with E-state index in [1.54, 1.807) is 19.9 Å². The fourth-order valence-electron chi connectivity index (χ4n) is 1.79. The molecule has 0 radical (unpaired) electrons. The van der Waals surface area contributed by atoms with E-state index in [1.807, 2.05) is 0 Å². The summed E-state index contributed by atoms with van der Waals surface area (Å²) < 4.78 is 9.89. The molecule has 1 aromatic carbocycles. The van der Waals surface area contributed by atoms with Crippen LogP contribution in [0.5, 0.6) is 11.5 Å². The lowest BCUT2D eigenvalue weighted by molar-refractivity contribution is -0.152. The first-order valence-corrected chi connectivity index (χ1v) is 6.04. The summed E-state index contributed by atoms with van der Waals surface area (Å²) in [6.45, 7) is 3.26. The number of ether oxygens (including phenoxy) is 2. The number of rotatable bonds is 4. The lowest BCUT2D eigenvalue weighted by Crippen LogP contribution is -2.37. The number of hydrogen-bond acceptors (Lipinski definition) is 5. The van der Waals surface area contributed by atoms with E-state index in [2.05, 4.69) is 0 Å². The van der Waals surface area contributed by atoms with E-state index < -0.39 is 17.4 Å². The Balaban J connectivity index is 0.00000361. The SMILES string of the molecule is COC(=O)C(C)(C)[C@@H](N)c1c(OC)ccc(Cl)c1O.Cl. The molecule has 20 heavy (non-hydrogen) atoms. The number of carbonyl (C=O) groups excluding carboxylic acids is 1. The molecule has 0 saturated carbocycles. The van der Waals surface area contributed by atoms with Gasteiger partial charge in [-0.1, -0.05) is 11.6 Å². The van der Waals surface area contributed by atoms with Gasteiger partial charge in [-0.05, 0) is 26.0 Å². The van der Waals surface area contributed by atoms with Gasteiger partial charge in [-0.15, -0.1) is 12.4 Å². The zero-order valence-electron chi connectivity index (χ0n) is 11.8. The van der Waals surface area contributed by atoms with E-state index in [4.69, 9.17) is 26.8 Å². The number of phenols is 1. The lowest BCUT2D eigenvalue weighted by atomic mass is 9.80. The maximum atomic E-state index is 11.8. The second-order valence-electron chi connectivity index (χ2n) is 4.70. The molecule has 1 rings (SSSR count). The Morgan fingerprint density at radius 2 is 1.95 bits per heavy atom. The van der Waals surface area contributed by atoms with Crippen LogP contribution in [0, 0.1) is 5.41 Å². The van der Waals surface area contributed by atoms with Crippen LogP contribution in [0.15, 0.2) is 12.1 Å². The monoisotopic (exact) mass is 323 g/mol. The molecule has 7 heteroatoms. The third-order valence-corrected chi connectivity index (χ3v) is 3.45. The summed E-state index contributed by atoms with van der Waals surface area (Å²) in [5.74, 6) is -0.307. The first-order chi connectivity index (χ1) is 8.77.